The van der Waals surface area contributed by atoms with Gasteiger partial charge in [-0.05, 0) is 41.9 Å². The molecular weight excluding hydrogens is 271 g/mol. The summed E-state index contributed by atoms with van der Waals surface area (Å²) < 4.78 is 5.70. The van der Waals surface area contributed by atoms with Gasteiger partial charge in [0.05, 0.1) is 6.42 Å². The molecule has 0 bridgehead atoms. The van der Waals surface area contributed by atoms with Gasteiger partial charge in [-0.1, -0.05) is 29.8 Å². The Bertz CT molecular complexity index is 550. The van der Waals surface area contributed by atoms with Crippen LogP contribution in [-0.2, 0) is 11.2 Å². The zero-order chi connectivity index (χ0) is 13.0. The molecule has 4 heteroatoms. The molecule has 92 valence electrons. The molecule has 0 spiro atoms. The second kappa shape index (κ2) is 5.89. The van der Waals surface area contributed by atoms with Crippen LogP contribution in [0.1, 0.15) is 5.56 Å². The van der Waals surface area contributed by atoms with Gasteiger partial charge in [0.25, 0.3) is 0 Å². The van der Waals surface area contributed by atoms with E-state index in [4.69, 9.17) is 27.9 Å². The van der Waals surface area contributed by atoms with Crippen molar-refractivity contribution < 1.29 is 9.53 Å². The molecule has 0 saturated heterocycles. The third kappa shape index (κ3) is 3.49. The van der Waals surface area contributed by atoms with Crippen molar-refractivity contribution in [3.63, 3.8) is 0 Å². The number of hydrogen-bond acceptors (Lipinski definition) is 2. The molecule has 0 amide bonds. The Morgan fingerprint density at radius 2 is 1.72 bits per heavy atom. The second-order valence-corrected chi connectivity index (χ2v) is 4.55. The summed E-state index contributed by atoms with van der Waals surface area (Å²) in [6.45, 7) is 0. The predicted molar refractivity (Wildman–Crippen MR) is 72.5 cm³/mol. The van der Waals surface area contributed by atoms with Crippen molar-refractivity contribution in [2.75, 3.05) is 0 Å². The van der Waals surface area contributed by atoms with Gasteiger partial charge in [-0.2, -0.15) is 0 Å². The van der Waals surface area contributed by atoms with Crippen LogP contribution in [0, 0.1) is 0 Å². The number of rotatable bonds is 4. The third-order valence-electron chi connectivity index (χ3n) is 2.34. The molecule has 0 saturated carbocycles. The van der Waals surface area contributed by atoms with Gasteiger partial charge >= 0.3 is 0 Å². The monoisotopic (exact) mass is 280 g/mol. The van der Waals surface area contributed by atoms with Crippen molar-refractivity contribution >= 4 is 28.4 Å². The fraction of sp³-hybridized carbons (Fsp3) is 0.0714. The minimum absolute atomic E-state index is 0.144. The van der Waals surface area contributed by atoms with Crippen LogP contribution in [0.3, 0.4) is 0 Å². The van der Waals surface area contributed by atoms with Gasteiger partial charge in [-0.3, -0.25) is 4.79 Å². The van der Waals surface area contributed by atoms with Gasteiger partial charge in [-0.15, -0.1) is 0 Å². The van der Waals surface area contributed by atoms with E-state index in [0.717, 1.165) is 5.56 Å². The van der Waals surface area contributed by atoms with Crippen molar-refractivity contribution in [3.8, 4) is 11.5 Å². The highest BCUT2D eigenvalue weighted by atomic mass is 35.5. The summed E-state index contributed by atoms with van der Waals surface area (Å²) in [4.78, 5) is 11.0. The molecule has 0 unspecified atom stereocenters. The maximum Gasteiger partial charge on any atom is 0.226 e. The van der Waals surface area contributed by atoms with Crippen LogP contribution in [0.4, 0.5) is 0 Å². The van der Waals surface area contributed by atoms with E-state index in [-0.39, 0.29) is 6.42 Å². The van der Waals surface area contributed by atoms with Crippen molar-refractivity contribution in [1.29, 1.82) is 0 Å². The van der Waals surface area contributed by atoms with E-state index in [1.165, 1.54) is 0 Å². The fourth-order valence-corrected chi connectivity index (χ4v) is 1.80. The number of hydrogen-bond donors (Lipinski definition) is 0. The summed E-state index contributed by atoms with van der Waals surface area (Å²) in [5.74, 6) is 1.28. The first-order valence-electron chi connectivity index (χ1n) is 5.35. The van der Waals surface area contributed by atoms with E-state index >= 15 is 0 Å². The standard InChI is InChI=1S/C14H10Cl2O2/c15-11-5-7-12(8-6-11)18-13-4-2-1-3-10(13)9-14(16)17/h1-8H,9H2. The Hall–Kier alpha value is -1.51. The lowest BCUT2D eigenvalue weighted by Crippen LogP contribution is -1.96. The minimum Gasteiger partial charge on any atom is -0.457 e. The molecule has 18 heavy (non-hydrogen) atoms. The number of halogens is 2. The second-order valence-electron chi connectivity index (χ2n) is 3.70. The maximum atomic E-state index is 11.0. The summed E-state index contributed by atoms with van der Waals surface area (Å²) >= 11 is 11.2. The largest absolute Gasteiger partial charge is 0.457 e. The molecule has 0 aromatic heterocycles. The smallest absolute Gasteiger partial charge is 0.226 e. The van der Waals surface area contributed by atoms with Crippen LogP contribution in [0.5, 0.6) is 11.5 Å². The first-order valence-corrected chi connectivity index (χ1v) is 6.10. The summed E-state index contributed by atoms with van der Waals surface area (Å²) in [6, 6.07) is 14.3. The van der Waals surface area contributed by atoms with E-state index in [1.807, 2.05) is 18.2 Å². The first kappa shape index (κ1) is 12.9. The van der Waals surface area contributed by atoms with Crippen molar-refractivity contribution in [2.45, 2.75) is 6.42 Å². The number of ether oxygens (including phenoxy) is 1. The first-order chi connectivity index (χ1) is 8.65. The number of benzene rings is 2. The number of carbonyl (C=O) groups excluding carboxylic acids is 1. The molecule has 0 aliphatic carbocycles. The molecule has 2 aromatic rings. The zero-order valence-electron chi connectivity index (χ0n) is 9.40. The van der Waals surface area contributed by atoms with Crippen molar-refractivity contribution in [2.24, 2.45) is 0 Å². The molecule has 2 rings (SSSR count). The Balaban J connectivity index is 2.23. The Morgan fingerprint density at radius 1 is 1.06 bits per heavy atom. The highest BCUT2D eigenvalue weighted by Gasteiger charge is 2.07. The Labute approximate surface area is 115 Å². The van der Waals surface area contributed by atoms with Gasteiger partial charge in [0.2, 0.25) is 5.24 Å². The molecule has 0 atom stereocenters. The average Bonchev–Trinajstić information content (AvgIpc) is 2.34. The normalized spacial score (nSPS) is 10.1. The number of para-hydroxylation sites is 1. The highest BCUT2D eigenvalue weighted by Crippen LogP contribution is 2.26. The van der Waals surface area contributed by atoms with Crippen LogP contribution < -0.4 is 4.74 Å². The van der Waals surface area contributed by atoms with Gasteiger partial charge in [0.1, 0.15) is 11.5 Å². The van der Waals surface area contributed by atoms with Crippen LogP contribution in [0.2, 0.25) is 5.02 Å². The maximum absolute atomic E-state index is 11.0. The lowest BCUT2D eigenvalue weighted by Gasteiger charge is -2.09. The highest BCUT2D eigenvalue weighted by molar-refractivity contribution is 6.63. The molecule has 0 heterocycles. The van der Waals surface area contributed by atoms with Crippen LogP contribution >= 0.6 is 23.2 Å². The van der Waals surface area contributed by atoms with Gasteiger partial charge in [-0.25, -0.2) is 0 Å². The summed E-state index contributed by atoms with van der Waals surface area (Å²) in [6.07, 6.45) is 0.144. The molecule has 2 aromatic carbocycles. The van der Waals surface area contributed by atoms with Gasteiger partial charge < -0.3 is 4.74 Å². The lowest BCUT2D eigenvalue weighted by atomic mass is 10.1. The Kier molecular flexibility index (Phi) is 4.24. The molecule has 0 fully saturated rings. The van der Waals surface area contributed by atoms with Crippen molar-refractivity contribution in [3.05, 3.63) is 59.1 Å². The third-order valence-corrected chi connectivity index (χ3v) is 2.73. The van der Waals surface area contributed by atoms with E-state index in [2.05, 4.69) is 0 Å². The molecule has 0 N–H and O–H groups in total. The minimum atomic E-state index is -0.415. The summed E-state index contributed by atoms with van der Waals surface area (Å²) in [7, 11) is 0. The van der Waals surface area contributed by atoms with E-state index in [9.17, 15) is 4.79 Å². The lowest BCUT2D eigenvalue weighted by molar-refractivity contribution is -0.111. The summed E-state index contributed by atoms with van der Waals surface area (Å²) in [5.41, 5.74) is 0.757. The number of carbonyl (C=O) groups is 1. The molecule has 0 aliphatic heterocycles. The topological polar surface area (TPSA) is 26.3 Å². The van der Waals surface area contributed by atoms with Crippen LogP contribution in [-0.4, -0.2) is 5.24 Å². The van der Waals surface area contributed by atoms with Crippen LogP contribution in [0.25, 0.3) is 0 Å². The molecule has 0 aliphatic rings. The average molecular weight is 281 g/mol. The SMILES string of the molecule is O=C(Cl)Cc1ccccc1Oc1ccc(Cl)cc1. The molecule has 2 nitrogen and oxygen atoms in total. The van der Waals surface area contributed by atoms with Crippen molar-refractivity contribution in [1.82, 2.24) is 0 Å². The summed E-state index contributed by atoms with van der Waals surface area (Å²) in [5, 5.41) is 0.230. The van der Waals surface area contributed by atoms with E-state index in [1.54, 1.807) is 30.3 Å². The van der Waals surface area contributed by atoms with Crippen LogP contribution in [0.15, 0.2) is 48.5 Å². The predicted octanol–water partition coefficient (Wildman–Crippen LogP) is 4.44. The van der Waals surface area contributed by atoms with Gasteiger partial charge in [0, 0.05) is 10.6 Å². The zero-order valence-corrected chi connectivity index (χ0v) is 10.9. The van der Waals surface area contributed by atoms with E-state index < -0.39 is 5.24 Å². The van der Waals surface area contributed by atoms with Gasteiger partial charge in [0.15, 0.2) is 0 Å². The molecule has 0 radical (unpaired) electrons. The quantitative estimate of drug-likeness (QED) is 0.774. The Morgan fingerprint density at radius 3 is 2.39 bits per heavy atom. The van der Waals surface area contributed by atoms with E-state index in [0.29, 0.717) is 16.5 Å². The fourth-order valence-electron chi connectivity index (χ4n) is 1.53. The molecular formula is C14H10Cl2O2.